The van der Waals surface area contributed by atoms with Crippen molar-refractivity contribution in [3.63, 3.8) is 0 Å². The molecule has 0 spiro atoms. The van der Waals surface area contributed by atoms with Crippen LogP contribution in [0.25, 0.3) is 0 Å². The SMILES string of the molecule is COc1ccc(NC(=O)COc2ccccc2[C@@H]2c3sc(=O)[nH]c3S[C@@H]3[C@@H]4C[C@@H]([C@@H]5C(=O)N(c6ccc(F)cc6)C(=O)[C@@H]45)[C@H]23)cc1. The number of anilines is 2. The zero-order valence-electron chi connectivity index (χ0n) is 24.5. The number of carbonyl (C=O) groups excluding carboxylic acids is 3. The van der Waals surface area contributed by atoms with Gasteiger partial charge in [0.2, 0.25) is 11.8 Å². The van der Waals surface area contributed by atoms with Crippen molar-refractivity contribution in [2.45, 2.75) is 22.6 Å². The lowest BCUT2D eigenvalue weighted by atomic mass is 9.68. The number of H-pyrrole nitrogens is 1. The van der Waals surface area contributed by atoms with Crippen LogP contribution in [0.3, 0.4) is 0 Å². The molecule has 12 heteroatoms. The highest BCUT2D eigenvalue weighted by molar-refractivity contribution is 8.00. The van der Waals surface area contributed by atoms with Gasteiger partial charge in [-0.2, -0.15) is 0 Å². The minimum atomic E-state index is -0.493. The Hall–Kier alpha value is -4.42. The summed E-state index contributed by atoms with van der Waals surface area (Å²) in [6, 6.07) is 20.0. The maximum atomic E-state index is 13.9. The van der Waals surface area contributed by atoms with E-state index in [1.54, 1.807) is 43.1 Å². The van der Waals surface area contributed by atoms with Crippen LogP contribution in [0.5, 0.6) is 11.5 Å². The summed E-state index contributed by atoms with van der Waals surface area (Å²) in [6.45, 7) is -0.231. The Morgan fingerprint density at radius 1 is 0.978 bits per heavy atom. The van der Waals surface area contributed by atoms with Crippen LogP contribution in [0.4, 0.5) is 15.8 Å². The zero-order chi connectivity index (χ0) is 31.7. The molecule has 2 aliphatic carbocycles. The summed E-state index contributed by atoms with van der Waals surface area (Å²) in [5.41, 5.74) is 1.83. The molecular formula is C34H28FN3O6S2. The summed E-state index contributed by atoms with van der Waals surface area (Å²) in [5.74, 6) is -1.48. The number of para-hydroxylation sites is 1. The summed E-state index contributed by atoms with van der Waals surface area (Å²) >= 11 is 2.76. The van der Waals surface area contributed by atoms with Gasteiger partial charge >= 0.3 is 4.87 Å². The van der Waals surface area contributed by atoms with Gasteiger partial charge in [0.05, 0.1) is 29.7 Å². The third-order valence-electron chi connectivity index (χ3n) is 9.80. The van der Waals surface area contributed by atoms with Gasteiger partial charge in [0.15, 0.2) is 6.61 Å². The van der Waals surface area contributed by atoms with Gasteiger partial charge in [-0.15, -0.1) is 11.8 Å². The smallest absolute Gasteiger partial charge is 0.305 e. The molecule has 0 unspecified atom stereocenters. The highest BCUT2D eigenvalue weighted by Crippen LogP contribution is 2.69. The number of nitrogens with zero attached hydrogens (tertiary/aromatic N) is 1. The summed E-state index contributed by atoms with van der Waals surface area (Å²) in [4.78, 5) is 58.3. The summed E-state index contributed by atoms with van der Waals surface area (Å²) in [6.07, 6.45) is 0.732. The van der Waals surface area contributed by atoms with Crippen LogP contribution in [0.1, 0.15) is 22.8 Å². The van der Waals surface area contributed by atoms with E-state index in [0.29, 0.717) is 22.9 Å². The molecule has 8 rings (SSSR count). The predicted molar refractivity (Wildman–Crippen MR) is 171 cm³/mol. The molecule has 2 N–H and O–H groups in total. The highest BCUT2D eigenvalue weighted by Gasteiger charge is 2.69. The van der Waals surface area contributed by atoms with Crippen LogP contribution in [-0.2, 0) is 14.4 Å². The molecule has 4 aromatic rings. The molecule has 3 amide bonds. The van der Waals surface area contributed by atoms with Gasteiger partial charge in [-0.05, 0) is 78.8 Å². The van der Waals surface area contributed by atoms with Crippen LogP contribution in [0.15, 0.2) is 82.6 Å². The summed E-state index contributed by atoms with van der Waals surface area (Å²) in [5, 5.41) is 3.61. The van der Waals surface area contributed by atoms with E-state index in [-0.39, 0.29) is 58.1 Å². The minimum absolute atomic E-state index is 0.00894. The normalized spacial score (nSPS) is 27.3. The van der Waals surface area contributed by atoms with Gasteiger partial charge in [0.25, 0.3) is 5.91 Å². The number of hydrogen-bond donors (Lipinski definition) is 2. The van der Waals surface area contributed by atoms with Gasteiger partial charge in [0.1, 0.15) is 17.3 Å². The minimum Gasteiger partial charge on any atom is -0.497 e. The van der Waals surface area contributed by atoms with E-state index < -0.39 is 17.7 Å². The number of thiazole rings is 1. The third-order valence-corrected chi connectivity index (χ3v) is 12.4. The van der Waals surface area contributed by atoms with Crippen molar-refractivity contribution in [2.24, 2.45) is 29.6 Å². The number of rotatable bonds is 7. The molecule has 3 heterocycles. The molecule has 2 saturated carbocycles. The van der Waals surface area contributed by atoms with Crippen molar-refractivity contribution in [2.75, 3.05) is 23.9 Å². The second-order valence-electron chi connectivity index (χ2n) is 12.1. The van der Waals surface area contributed by atoms with Crippen LogP contribution in [0, 0.1) is 35.4 Å². The Bertz CT molecular complexity index is 1930. The van der Waals surface area contributed by atoms with E-state index >= 15 is 0 Å². The van der Waals surface area contributed by atoms with Gasteiger partial charge in [-0.3, -0.25) is 24.1 Å². The molecule has 0 radical (unpaired) electrons. The molecule has 3 fully saturated rings. The Kier molecular flexibility index (Phi) is 7.02. The van der Waals surface area contributed by atoms with Gasteiger partial charge in [-0.25, -0.2) is 4.39 Å². The Morgan fingerprint density at radius 2 is 1.70 bits per heavy atom. The fourth-order valence-electron chi connectivity index (χ4n) is 8.09. The standard InChI is InChI=1S/C34H28FN3O6S2/c1-43-19-12-8-17(9-13-19)36-24(39)15-44-23-5-3-2-4-20(23)25-26-21-14-22(29(26)45-31-30(25)46-34(42)37-31)28-27(21)32(40)38(33(28)41)18-10-6-16(35)7-11-18/h2-13,21-22,25-29H,14-15H2,1H3,(H,36,39)(H,37,42)/t21-,22-,25+,26-,27+,28+,29-/m1/s1. The number of ether oxygens (including phenoxy) is 2. The summed E-state index contributed by atoms with van der Waals surface area (Å²) < 4.78 is 25.0. The number of methoxy groups -OCH3 is 1. The first kappa shape index (κ1) is 29.0. The van der Waals surface area contributed by atoms with E-state index in [1.165, 1.54) is 29.2 Å². The van der Waals surface area contributed by atoms with Crippen molar-refractivity contribution in [1.29, 1.82) is 0 Å². The Labute approximate surface area is 271 Å². The largest absolute Gasteiger partial charge is 0.497 e. The fraction of sp³-hybridized carbons (Fsp3) is 0.294. The van der Waals surface area contributed by atoms with Crippen LogP contribution in [-0.4, -0.2) is 41.7 Å². The number of benzene rings is 3. The van der Waals surface area contributed by atoms with Crippen molar-refractivity contribution < 1.29 is 28.2 Å². The maximum absolute atomic E-state index is 13.9. The van der Waals surface area contributed by atoms with E-state index in [9.17, 15) is 23.6 Å². The number of fused-ring (bicyclic) bond motifs is 9. The lowest BCUT2D eigenvalue weighted by molar-refractivity contribution is -0.123. The number of imide groups is 1. The number of amides is 3. The van der Waals surface area contributed by atoms with Gasteiger partial charge in [-0.1, -0.05) is 29.5 Å². The lowest BCUT2D eigenvalue weighted by Crippen LogP contribution is -2.42. The second-order valence-corrected chi connectivity index (χ2v) is 14.3. The third kappa shape index (κ3) is 4.57. The molecule has 1 aromatic heterocycles. The molecule has 4 aliphatic rings. The quantitative estimate of drug-likeness (QED) is 0.260. The second kappa shape index (κ2) is 11.1. The van der Waals surface area contributed by atoms with E-state index in [0.717, 1.165) is 33.2 Å². The predicted octanol–water partition coefficient (Wildman–Crippen LogP) is 5.28. The first-order valence-electron chi connectivity index (χ1n) is 15.0. The van der Waals surface area contributed by atoms with E-state index in [2.05, 4.69) is 10.3 Å². The first-order valence-corrected chi connectivity index (χ1v) is 16.7. The average Bonchev–Trinajstić information content (AvgIpc) is 3.80. The average molecular weight is 658 g/mol. The Morgan fingerprint density at radius 3 is 2.43 bits per heavy atom. The van der Waals surface area contributed by atoms with E-state index in [4.69, 9.17) is 9.47 Å². The Balaban J connectivity index is 1.10. The van der Waals surface area contributed by atoms with Gasteiger partial charge < -0.3 is 19.8 Å². The number of nitrogens with one attached hydrogen (secondary N) is 2. The van der Waals surface area contributed by atoms with Crippen LogP contribution in [0.2, 0.25) is 0 Å². The molecular weight excluding hydrogens is 630 g/mol. The monoisotopic (exact) mass is 657 g/mol. The number of carbonyl (C=O) groups is 3. The molecule has 1 saturated heterocycles. The molecule has 2 bridgehead atoms. The topological polar surface area (TPSA) is 118 Å². The number of thioether (sulfide) groups is 1. The highest BCUT2D eigenvalue weighted by atomic mass is 32.2. The van der Waals surface area contributed by atoms with Crippen molar-refractivity contribution in [1.82, 2.24) is 4.98 Å². The molecule has 46 heavy (non-hydrogen) atoms. The van der Waals surface area contributed by atoms with Crippen molar-refractivity contribution in [3.8, 4) is 11.5 Å². The zero-order valence-corrected chi connectivity index (χ0v) is 26.1. The van der Waals surface area contributed by atoms with Crippen LogP contribution >= 0.6 is 23.1 Å². The van der Waals surface area contributed by atoms with Crippen LogP contribution < -0.4 is 24.6 Å². The maximum Gasteiger partial charge on any atom is 0.305 e. The number of halogens is 1. The molecule has 234 valence electrons. The fourth-order valence-corrected chi connectivity index (χ4v) is 11.0. The van der Waals surface area contributed by atoms with Crippen molar-refractivity contribution >= 4 is 52.2 Å². The molecule has 9 nitrogen and oxygen atoms in total. The first-order chi connectivity index (χ1) is 22.3. The molecule has 3 aromatic carbocycles. The number of aromatic nitrogens is 1. The van der Waals surface area contributed by atoms with E-state index in [1.807, 2.05) is 24.3 Å². The lowest BCUT2D eigenvalue weighted by Gasteiger charge is -2.43. The van der Waals surface area contributed by atoms with Gasteiger partial charge in [0, 0.05) is 27.3 Å². The number of hydrogen-bond acceptors (Lipinski definition) is 8. The number of aromatic amines is 1. The summed E-state index contributed by atoms with van der Waals surface area (Å²) in [7, 11) is 1.57. The molecule has 7 atom stereocenters. The van der Waals surface area contributed by atoms with Crippen molar-refractivity contribution in [3.05, 3.63) is 98.7 Å². The molecule has 2 aliphatic heterocycles.